The molecule has 8 nitrogen and oxygen atoms in total. The molecule has 0 aliphatic carbocycles. The van der Waals surface area contributed by atoms with Crippen molar-refractivity contribution in [3.63, 3.8) is 0 Å². The summed E-state index contributed by atoms with van der Waals surface area (Å²) < 4.78 is 10.2. The molecule has 0 saturated carbocycles. The summed E-state index contributed by atoms with van der Waals surface area (Å²) in [5.74, 6) is -1.89. The van der Waals surface area contributed by atoms with E-state index < -0.39 is 22.8 Å². The molecular formula is C17H16N2O6. The summed E-state index contributed by atoms with van der Waals surface area (Å²) in [7, 11) is 0. The number of nitrogens with one attached hydrogen (secondary N) is 1. The van der Waals surface area contributed by atoms with Gasteiger partial charge in [0.25, 0.3) is 5.69 Å². The Bertz CT molecular complexity index is 839. The lowest BCUT2D eigenvalue weighted by atomic mass is 9.81. The minimum Gasteiger partial charge on any atom is -0.463 e. The molecule has 130 valence electrons. The molecule has 1 unspecified atom stereocenters. The van der Waals surface area contributed by atoms with Gasteiger partial charge in [0.2, 0.25) is 0 Å². The van der Waals surface area contributed by atoms with E-state index in [0.29, 0.717) is 17.0 Å². The Morgan fingerprint density at radius 3 is 2.92 bits per heavy atom. The Morgan fingerprint density at radius 2 is 2.24 bits per heavy atom. The zero-order valence-electron chi connectivity index (χ0n) is 13.7. The number of rotatable bonds is 4. The van der Waals surface area contributed by atoms with E-state index in [2.05, 4.69) is 5.32 Å². The van der Waals surface area contributed by atoms with Crippen LogP contribution in [-0.4, -0.2) is 30.1 Å². The number of ether oxygens (including phenoxy) is 2. The summed E-state index contributed by atoms with van der Waals surface area (Å²) in [4.78, 5) is 35.3. The molecule has 0 saturated heterocycles. The number of hydrogen-bond donors (Lipinski definition) is 1. The second-order valence-corrected chi connectivity index (χ2v) is 5.64. The highest BCUT2D eigenvalue weighted by Crippen LogP contribution is 2.41. The fourth-order valence-electron chi connectivity index (χ4n) is 3.10. The number of esters is 2. The number of benzene rings is 1. The molecule has 0 fully saturated rings. The van der Waals surface area contributed by atoms with Crippen molar-refractivity contribution in [1.82, 2.24) is 5.32 Å². The topological polar surface area (TPSA) is 108 Å². The van der Waals surface area contributed by atoms with Gasteiger partial charge in [0.1, 0.15) is 6.61 Å². The molecule has 0 radical (unpaired) electrons. The van der Waals surface area contributed by atoms with E-state index in [9.17, 15) is 19.7 Å². The summed E-state index contributed by atoms with van der Waals surface area (Å²) in [6.45, 7) is 3.63. The predicted octanol–water partition coefficient (Wildman–Crippen LogP) is 1.93. The maximum Gasteiger partial charge on any atom is 0.337 e. The van der Waals surface area contributed by atoms with Gasteiger partial charge in [-0.25, -0.2) is 9.59 Å². The zero-order chi connectivity index (χ0) is 18.1. The maximum atomic E-state index is 12.5. The first-order valence-corrected chi connectivity index (χ1v) is 7.73. The van der Waals surface area contributed by atoms with Crippen LogP contribution in [-0.2, 0) is 19.1 Å². The average molecular weight is 344 g/mol. The minimum absolute atomic E-state index is 0.0764. The second kappa shape index (κ2) is 6.39. The van der Waals surface area contributed by atoms with Crippen LogP contribution in [0.3, 0.4) is 0 Å². The lowest BCUT2D eigenvalue weighted by Crippen LogP contribution is -2.30. The number of dihydropyridines is 1. The van der Waals surface area contributed by atoms with Gasteiger partial charge in [0.05, 0.1) is 34.3 Å². The van der Waals surface area contributed by atoms with Crippen LogP contribution in [0.2, 0.25) is 0 Å². The molecular weight excluding hydrogens is 328 g/mol. The normalized spacial score (nSPS) is 19.3. The van der Waals surface area contributed by atoms with Gasteiger partial charge in [0, 0.05) is 17.8 Å². The molecule has 2 aliphatic rings. The van der Waals surface area contributed by atoms with Crippen LogP contribution in [0.25, 0.3) is 0 Å². The summed E-state index contributed by atoms with van der Waals surface area (Å²) in [6.07, 6.45) is 0. The highest BCUT2D eigenvalue weighted by atomic mass is 16.6. The van der Waals surface area contributed by atoms with Crippen molar-refractivity contribution < 1.29 is 24.0 Å². The van der Waals surface area contributed by atoms with E-state index in [4.69, 9.17) is 9.47 Å². The van der Waals surface area contributed by atoms with Gasteiger partial charge in [-0.1, -0.05) is 12.1 Å². The van der Waals surface area contributed by atoms with E-state index in [-0.39, 0.29) is 30.0 Å². The van der Waals surface area contributed by atoms with E-state index >= 15 is 0 Å². The quantitative estimate of drug-likeness (QED) is 0.505. The summed E-state index contributed by atoms with van der Waals surface area (Å²) in [5, 5.41) is 14.1. The summed E-state index contributed by atoms with van der Waals surface area (Å²) in [6, 6.07) is 5.88. The van der Waals surface area contributed by atoms with Gasteiger partial charge in [-0.2, -0.15) is 0 Å². The summed E-state index contributed by atoms with van der Waals surface area (Å²) >= 11 is 0. The summed E-state index contributed by atoms with van der Waals surface area (Å²) in [5.41, 5.74) is 1.98. The molecule has 8 heteroatoms. The SMILES string of the molecule is CCOC(=O)C1=C(C)NC2=C(C(=O)OC2)C1c1cccc([N+](=O)[O-])c1. The first kappa shape index (κ1) is 16.7. The third-order valence-corrected chi connectivity index (χ3v) is 4.12. The molecule has 0 bridgehead atoms. The molecule has 3 rings (SSSR count). The Hall–Kier alpha value is -3.16. The molecule has 0 spiro atoms. The largest absolute Gasteiger partial charge is 0.463 e. The molecule has 1 aromatic rings. The highest BCUT2D eigenvalue weighted by Gasteiger charge is 2.42. The van der Waals surface area contributed by atoms with Gasteiger partial charge >= 0.3 is 11.9 Å². The number of allylic oxidation sites excluding steroid dienone is 1. The Balaban J connectivity index is 2.16. The third-order valence-electron chi connectivity index (χ3n) is 4.12. The van der Waals surface area contributed by atoms with Crippen molar-refractivity contribution in [3.05, 3.63) is 62.5 Å². The van der Waals surface area contributed by atoms with E-state index in [0.717, 1.165) is 0 Å². The fraction of sp³-hybridized carbons (Fsp3) is 0.294. The highest BCUT2D eigenvalue weighted by molar-refractivity contribution is 6.01. The van der Waals surface area contributed by atoms with Gasteiger partial charge < -0.3 is 14.8 Å². The first-order valence-electron chi connectivity index (χ1n) is 7.73. The van der Waals surface area contributed by atoms with Gasteiger partial charge in [-0.3, -0.25) is 10.1 Å². The van der Waals surface area contributed by atoms with Crippen molar-refractivity contribution in [2.75, 3.05) is 13.2 Å². The van der Waals surface area contributed by atoms with Gasteiger partial charge in [-0.05, 0) is 19.4 Å². The molecule has 0 amide bonds. The van der Waals surface area contributed by atoms with Crippen molar-refractivity contribution in [2.45, 2.75) is 19.8 Å². The smallest absolute Gasteiger partial charge is 0.337 e. The minimum atomic E-state index is -0.773. The number of carbonyl (C=O) groups excluding carboxylic acids is 2. The lowest BCUT2D eigenvalue weighted by Gasteiger charge is -2.27. The number of hydrogen-bond acceptors (Lipinski definition) is 7. The van der Waals surface area contributed by atoms with Crippen LogP contribution >= 0.6 is 0 Å². The number of cyclic esters (lactones) is 1. The van der Waals surface area contributed by atoms with E-state index in [1.165, 1.54) is 18.2 Å². The molecule has 1 N–H and O–H groups in total. The Morgan fingerprint density at radius 1 is 1.48 bits per heavy atom. The van der Waals surface area contributed by atoms with Crippen LogP contribution in [0.15, 0.2) is 46.8 Å². The standard InChI is InChI=1S/C17H16N2O6/c1-3-24-16(20)13-9(2)18-12-8-25-17(21)15(12)14(13)10-5-4-6-11(7-10)19(22)23/h4-7,14,18H,3,8H2,1-2H3. The number of nitrogens with zero attached hydrogens (tertiary/aromatic N) is 1. The van der Waals surface area contributed by atoms with Crippen LogP contribution in [0.5, 0.6) is 0 Å². The predicted molar refractivity (Wildman–Crippen MR) is 86.3 cm³/mol. The first-order chi connectivity index (χ1) is 11.9. The van der Waals surface area contributed by atoms with Crippen molar-refractivity contribution in [1.29, 1.82) is 0 Å². The van der Waals surface area contributed by atoms with Crippen molar-refractivity contribution >= 4 is 17.6 Å². The Kier molecular flexibility index (Phi) is 4.26. The fourth-order valence-corrected chi connectivity index (χ4v) is 3.10. The number of nitro benzene ring substituents is 1. The monoisotopic (exact) mass is 344 g/mol. The zero-order valence-corrected chi connectivity index (χ0v) is 13.7. The van der Waals surface area contributed by atoms with Crippen LogP contribution in [0.1, 0.15) is 25.3 Å². The van der Waals surface area contributed by atoms with Gasteiger partial charge in [-0.15, -0.1) is 0 Å². The maximum absolute atomic E-state index is 12.5. The van der Waals surface area contributed by atoms with Crippen LogP contribution < -0.4 is 5.32 Å². The Labute approximate surface area is 143 Å². The number of non-ortho nitro benzene ring substituents is 1. The van der Waals surface area contributed by atoms with E-state index in [1.54, 1.807) is 19.9 Å². The second-order valence-electron chi connectivity index (χ2n) is 5.64. The molecule has 2 aliphatic heterocycles. The average Bonchev–Trinajstić information content (AvgIpc) is 2.94. The van der Waals surface area contributed by atoms with Crippen LogP contribution in [0, 0.1) is 10.1 Å². The lowest BCUT2D eigenvalue weighted by molar-refractivity contribution is -0.384. The van der Waals surface area contributed by atoms with Crippen molar-refractivity contribution in [2.24, 2.45) is 0 Å². The molecule has 0 aromatic heterocycles. The number of carbonyl (C=O) groups is 2. The van der Waals surface area contributed by atoms with Crippen LogP contribution in [0.4, 0.5) is 5.69 Å². The van der Waals surface area contributed by atoms with Crippen molar-refractivity contribution in [3.8, 4) is 0 Å². The molecule has 25 heavy (non-hydrogen) atoms. The van der Waals surface area contributed by atoms with Gasteiger partial charge in [0.15, 0.2) is 0 Å². The molecule has 2 heterocycles. The third kappa shape index (κ3) is 2.86. The number of nitro groups is 1. The van der Waals surface area contributed by atoms with E-state index in [1.807, 2.05) is 0 Å². The molecule has 1 atom stereocenters. The molecule has 1 aromatic carbocycles.